The van der Waals surface area contributed by atoms with Crippen LogP contribution in [0.25, 0.3) is 5.41 Å². The number of carboxylic acid groups (broad SMARTS) is 1. The summed E-state index contributed by atoms with van der Waals surface area (Å²) in [7, 11) is 1.78. The van der Waals surface area contributed by atoms with Crippen molar-refractivity contribution in [3.05, 3.63) is 27.7 Å². The fraction of sp³-hybridized carbons (Fsp3) is 0.654. The number of Topliss-reactive ketones (excluding diaryl/α,β-unsaturated/α-hetero) is 1. The van der Waals surface area contributed by atoms with E-state index in [1.807, 2.05) is 11.8 Å². The lowest BCUT2D eigenvalue weighted by molar-refractivity contribution is -0.140. The number of ketones is 1. The molecule has 12 nitrogen and oxygen atoms in total. The highest BCUT2D eigenvalue weighted by Gasteiger charge is 2.29. The number of amides is 1. The maximum atomic E-state index is 13.3. The predicted octanol–water partition coefficient (Wildman–Crippen LogP) is 2.26. The van der Waals surface area contributed by atoms with Gasteiger partial charge in [-0.3, -0.25) is 28.6 Å². The second-order valence-corrected chi connectivity index (χ2v) is 9.42. The molecule has 0 fully saturated rings. The van der Waals surface area contributed by atoms with Crippen LogP contribution in [0.2, 0.25) is 0 Å². The quantitative estimate of drug-likeness (QED) is 0.155. The smallest absolute Gasteiger partial charge is 0.305 e. The van der Waals surface area contributed by atoms with Gasteiger partial charge >= 0.3 is 5.97 Å². The summed E-state index contributed by atoms with van der Waals surface area (Å²) in [6.45, 7) is 7.54. The molecule has 2 unspecified atom stereocenters. The molecule has 1 amide bonds. The highest BCUT2D eigenvalue weighted by molar-refractivity contribution is 6.42. The maximum absolute atomic E-state index is 13.3. The third-order valence-corrected chi connectivity index (χ3v) is 6.13. The minimum absolute atomic E-state index is 0.00315. The first kappa shape index (κ1) is 32.6. The Morgan fingerprint density at radius 3 is 2.45 bits per heavy atom. The molecule has 2 atom stereocenters. The zero-order valence-corrected chi connectivity index (χ0v) is 23.2. The molecular weight excluding hydrogens is 490 g/mol. The molecule has 0 bridgehead atoms. The third-order valence-electron chi connectivity index (χ3n) is 6.13. The van der Waals surface area contributed by atoms with Gasteiger partial charge in [0.1, 0.15) is 6.04 Å². The van der Waals surface area contributed by atoms with Crippen molar-refractivity contribution in [3.63, 3.8) is 0 Å². The number of aryl methyl sites for hydroxylation is 1. The molecule has 0 radical (unpaired) electrons. The van der Waals surface area contributed by atoms with Crippen LogP contribution in [0.5, 0.6) is 0 Å². The molecule has 1 aromatic rings. The van der Waals surface area contributed by atoms with Crippen molar-refractivity contribution < 1.29 is 19.5 Å². The number of aromatic nitrogens is 2. The van der Waals surface area contributed by atoms with E-state index in [0.29, 0.717) is 18.7 Å². The highest BCUT2D eigenvalue weighted by atomic mass is 16.4. The number of rotatable bonds is 19. The molecule has 212 valence electrons. The number of hydrogen-bond donors (Lipinski definition) is 4. The Balaban J connectivity index is 3.13. The fourth-order valence-electron chi connectivity index (χ4n) is 3.84. The van der Waals surface area contributed by atoms with E-state index in [1.165, 1.54) is 17.7 Å². The average molecular weight is 533 g/mol. The molecular formula is C26H42N7O5-. The van der Waals surface area contributed by atoms with Crippen molar-refractivity contribution in [3.8, 4) is 0 Å². The number of aliphatic carboxylic acids is 1. The molecule has 0 aliphatic rings. The summed E-state index contributed by atoms with van der Waals surface area (Å²) in [6.07, 6.45) is 5.70. The highest BCUT2D eigenvalue weighted by Crippen LogP contribution is 2.13. The Morgan fingerprint density at radius 2 is 1.89 bits per heavy atom. The molecule has 38 heavy (non-hydrogen) atoms. The van der Waals surface area contributed by atoms with E-state index < -0.39 is 41.7 Å². The van der Waals surface area contributed by atoms with E-state index >= 15 is 0 Å². The minimum Gasteiger partial charge on any atom is -0.805 e. The zero-order valence-electron chi connectivity index (χ0n) is 23.2. The molecule has 1 heterocycles. The Labute approximate surface area is 224 Å². The third kappa shape index (κ3) is 10.5. The van der Waals surface area contributed by atoms with Gasteiger partial charge in [0.05, 0.1) is 24.7 Å². The number of carbonyl (C=O) groups is 3. The van der Waals surface area contributed by atoms with Crippen LogP contribution < -0.4 is 16.2 Å². The standard InChI is InChI=1S/C26H42N7O5/c1-6-9-10-11-12-32(5)16-22(34)20(13-23(35)36)31-25(37)21(8-3)33-15-18(7-2)30-24(26(33)38)29-14-19(28)17(4)27/h15,20-21,27H,6-14,16H2,1-5H3,(H,29,30)(H,31,37)(H,35,36)/q-1. The molecule has 0 aliphatic heterocycles. The predicted molar refractivity (Wildman–Crippen MR) is 148 cm³/mol. The lowest BCUT2D eigenvalue weighted by atomic mass is 10.1. The van der Waals surface area contributed by atoms with Crippen LogP contribution in [0.3, 0.4) is 0 Å². The Bertz CT molecular complexity index is 1050. The van der Waals surface area contributed by atoms with E-state index in [2.05, 4.69) is 22.5 Å². The first-order valence-corrected chi connectivity index (χ1v) is 13.1. The summed E-state index contributed by atoms with van der Waals surface area (Å²) in [4.78, 5) is 56.9. The topological polar surface area (TPSA) is 180 Å². The first-order valence-electron chi connectivity index (χ1n) is 13.1. The van der Waals surface area contributed by atoms with Crippen molar-refractivity contribution in [1.82, 2.24) is 19.8 Å². The Hall–Kier alpha value is -3.41. The first-order chi connectivity index (χ1) is 17.9. The van der Waals surface area contributed by atoms with E-state index in [9.17, 15) is 29.7 Å². The number of nitrogens with zero attached hydrogens (tertiary/aromatic N) is 4. The van der Waals surface area contributed by atoms with Crippen LogP contribution in [0.1, 0.15) is 78.0 Å². The van der Waals surface area contributed by atoms with Crippen molar-refractivity contribution in [2.75, 3.05) is 32.0 Å². The molecule has 0 saturated heterocycles. The Morgan fingerprint density at radius 1 is 1.21 bits per heavy atom. The number of unbranched alkanes of at least 4 members (excludes halogenated alkanes) is 3. The van der Waals surface area contributed by atoms with Gasteiger partial charge in [0.15, 0.2) is 11.6 Å². The number of carboxylic acids is 1. The number of carbonyl (C=O) groups excluding carboxylic acids is 2. The SMILES string of the molecule is CCCCCCN(C)CC(=O)C(CC(=O)O)NC(=O)C(CC)n1cc(CC)nc(NCC(=[N-])C(C)=N)c1=O. The molecule has 1 rings (SSSR count). The molecule has 0 aliphatic carbocycles. The van der Waals surface area contributed by atoms with Crippen LogP contribution in [-0.2, 0) is 20.8 Å². The molecule has 1 aromatic heterocycles. The van der Waals surface area contributed by atoms with Gasteiger partial charge in [0.2, 0.25) is 5.91 Å². The lowest BCUT2D eigenvalue weighted by Crippen LogP contribution is -2.49. The van der Waals surface area contributed by atoms with E-state index in [0.717, 1.165) is 25.7 Å². The van der Waals surface area contributed by atoms with Gasteiger partial charge in [-0.05, 0) is 39.8 Å². The summed E-state index contributed by atoms with van der Waals surface area (Å²) in [5.41, 5.74) is -0.425. The molecule has 0 aromatic carbocycles. The van der Waals surface area contributed by atoms with Gasteiger partial charge < -0.3 is 26.6 Å². The van der Waals surface area contributed by atoms with Crippen LogP contribution >= 0.6 is 0 Å². The van der Waals surface area contributed by atoms with Crippen molar-refractivity contribution in [2.45, 2.75) is 84.7 Å². The number of nitrogens with one attached hydrogen (secondary N) is 3. The van der Waals surface area contributed by atoms with Crippen LogP contribution in [0.15, 0.2) is 11.0 Å². The number of hydrogen-bond acceptors (Lipinski definition) is 8. The fourth-order valence-corrected chi connectivity index (χ4v) is 3.84. The van der Waals surface area contributed by atoms with Gasteiger partial charge in [-0.2, -0.15) is 0 Å². The van der Waals surface area contributed by atoms with E-state index in [4.69, 9.17) is 5.41 Å². The molecule has 0 spiro atoms. The van der Waals surface area contributed by atoms with Gasteiger partial charge in [-0.15, -0.1) is 5.71 Å². The van der Waals surface area contributed by atoms with Crippen molar-refractivity contribution in [2.24, 2.45) is 0 Å². The van der Waals surface area contributed by atoms with Crippen molar-refractivity contribution in [1.29, 1.82) is 5.41 Å². The summed E-state index contributed by atoms with van der Waals surface area (Å²) in [6, 6.07) is -2.26. The minimum atomic E-state index is -1.24. The van der Waals surface area contributed by atoms with Gasteiger partial charge in [-0.25, -0.2) is 4.98 Å². The summed E-state index contributed by atoms with van der Waals surface area (Å²) < 4.78 is 1.21. The van der Waals surface area contributed by atoms with Crippen LogP contribution in [0, 0.1) is 5.41 Å². The number of likely N-dealkylation sites (N-methyl/N-ethyl adjacent to an activating group) is 1. The second kappa shape index (κ2) is 16.4. The second-order valence-electron chi connectivity index (χ2n) is 9.42. The largest absolute Gasteiger partial charge is 0.805 e. The molecule has 0 saturated carbocycles. The normalized spacial score (nSPS) is 12.6. The van der Waals surface area contributed by atoms with Gasteiger partial charge in [-0.1, -0.05) is 40.0 Å². The summed E-state index contributed by atoms with van der Waals surface area (Å²) >= 11 is 0. The summed E-state index contributed by atoms with van der Waals surface area (Å²) in [5, 5.41) is 31.9. The van der Waals surface area contributed by atoms with Crippen molar-refractivity contribution >= 4 is 34.9 Å². The zero-order chi connectivity index (χ0) is 28.8. The Kier molecular flexibility index (Phi) is 14.1. The van der Waals surface area contributed by atoms with E-state index in [1.54, 1.807) is 14.0 Å². The van der Waals surface area contributed by atoms with Gasteiger partial charge in [0, 0.05) is 18.5 Å². The number of anilines is 1. The maximum Gasteiger partial charge on any atom is 0.305 e. The van der Waals surface area contributed by atoms with Gasteiger partial charge in [0.25, 0.3) is 5.56 Å². The van der Waals surface area contributed by atoms with Crippen LogP contribution in [-0.4, -0.2) is 81.4 Å². The van der Waals surface area contributed by atoms with E-state index in [-0.39, 0.29) is 36.8 Å². The molecule has 4 N–H and O–H groups in total. The monoisotopic (exact) mass is 532 g/mol. The average Bonchev–Trinajstić information content (AvgIpc) is 2.86. The molecule has 12 heteroatoms. The van der Waals surface area contributed by atoms with Crippen LogP contribution in [0.4, 0.5) is 5.82 Å². The summed E-state index contributed by atoms with van der Waals surface area (Å²) in [5.74, 6) is -2.38. The lowest BCUT2D eigenvalue weighted by Gasteiger charge is -2.24.